The van der Waals surface area contributed by atoms with Gasteiger partial charge in [-0.05, 0) is 19.1 Å². The number of hydrogen-bond donors (Lipinski definition) is 1. The van der Waals surface area contributed by atoms with Crippen LogP contribution in [0.2, 0.25) is 0 Å². The van der Waals surface area contributed by atoms with E-state index in [1.54, 1.807) is 24.1 Å². The van der Waals surface area contributed by atoms with Crippen molar-refractivity contribution < 1.29 is 9.13 Å². The Morgan fingerprint density at radius 3 is 3.00 bits per heavy atom. The van der Waals surface area contributed by atoms with Crippen LogP contribution in [0.1, 0.15) is 18.5 Å². The van der Waals surface area contributed by atoms with Crippen molar-refractivity contribution in [3.8, 4) is 0 Å². The Kier molecular flexibility index (Phi) is 5.14. The molecular weight excluding hydrogens is 325 g/mol. The highest BCUT2D eigenvalue weighted by Crippen LogP contribution is 2.23. The van der Waals surface area contributed by atoms with Crippen LogP contribution in [0.25, 0.3) is 0 Å². The Morgan fingerprint density at radius 1 is 1.50 bits per heavy atom. The smallest absolute Gasteiger partial charge is 0.129 e. The molecule has 1 unspecified atom stereocenters. The summed E-state index contributed by atoms with van der Waals surface area (Å²) in [5.74, 6) is -0.230. The SMILES string of the molecule is COCCn1cc(NC(C)c2ccc(Br)cc2F)cn1. The number of methoxy groups -OCH3 is 1. The van der Waals surface area contributed by atoms with E-state index >= 15 is 0 Å². The second-order valence-corrected chi connectivity index (χ2v) is 5.43. The van der Waals surface area contributed by atoms with E-state index in [1.807, 2.05) is 19.2 Å². The number of rotatable bonds is 6. The highest BCUT2D eigenvalue weighted by molar-refractivity contribution is 9.10. The normalized spacial score (nSPS) is 12.4. The van der Waals surface area contributed by atoms with Crippen LogP contribution in [0, 0.1) is 5.82 Å². The fourth-order valence-electron chi connectivity index (χ4n) is 1.93. The molecule has 1 atom stereocenters. The van der Waals surface area contributed by atoms with Gasteiger partial charge in [-0.3, -0.25) is 4.68 Å². The van der Waals surface area contributed by atoms with E-state index in [4.69, 9.17) is 4.74 Å². The predicted molar refractivity (Wildman–Crippen MR) is 80.2 cm³/mol. The van der Waals surface area contributed by atoms with Gasteiger partial charge in [0.05, 0.1) is 31.1 Å². The van der Waals surface area contributed by atoms with Crippen molar-refractivity contribution in [3.05, 3.63) is 46.4 Å². The zero-order chi connectivity index (χ0) is 14.5. The van der Waals surface area contributed by atoms with Gasteiger partial charge in [-0.25, -0.2) is 4.39 Å². The summed E-state index contributed by atoms with van der Waals surface area (Å²) in [6.45, 7) is 3.22. The number of nitrogens with zero attached hydrogens (tertiary/aromatic N) is 2. The van der Waals surface area contributed by atoms with Crippen molar-refractivity contribution >= 4 is 21.6 Å². The molecular formula is C14H17BrFN3O. The number of aromatic nitrogens is 2. The minimum absolute atomic E-state index is 0.136. The molecule has 0 aliphatic rings. The molecule has 0 radical (unpaired) electrons. The standard InChI is InChI=1S/C14H17BrFN3O/c1-10(13-4-3-11(15)7-14(13)16)18-12-8-17-19(9-12)5-6-20-2/h3-4,7-10,18H,5-6H2,1-2H3. The molecule has 0 aliphatic heterocycles. The summed E-state index contributed by atoms with van der Waals surface area (Å²) in [6, 6.07) is 4.93. The molecule has 0 bridgehead atoms. The maximum Gasteiger partial charge on any atom is 0.129 e. The second-order valence-electron chi connectivity index (χ2n) is 4.52. The van der Waals surface area contributed by atoms with Gasteiger partial charge in [0.25, 0.3) is 0 Å². The van der Waals surface area contributed by atoms with E-state index in [2.05, 4.69) is 26.3 Å². The lowest BCUT2D eigenvalue weighted by Crippen LogP contribution is -2.08. The van der Waals surface area contributed by atoms with Crippen molar-refractivity contribution in [2.75, 3.05) is 19.0 Å². The maximum atomic E-state index is 13.9. The first-order valence-electron chi connectivity index (χ1n) is 6.33. The molecule has 1 heterocycles. The third-order valence-electron chi connectivity index (χ3n) is 2.97. The highest BCUT2D eigenvalue weighted by Gasteiger charge is 2.11. The lowest BCUT2D eigenvalue weighted by molar-refractivity contribution is 0.183. The predicted octanol–water partition coefficient (Wildman–Crippen LogP) is 3.60. The van der Waals surface area contributed by atoms with Gasteiger partial charge in [0.2, 0.25) is 0 Å². The van der Waals surface area contributed by atoms with Crippen molar-refractivity contribution in [3.63, 3.8) is 0 Å². The molecule has 2 aromatic rings. The van der Waals surface area contributed by atoms with Crippen molar-refractivity contribution in [2.24, 2.45) is 0 Å². The van der Waals surface area contributed by atoms with Crippen LogP contribution in [0.15, 0.2) is 35.1 Å². The Balaban J connectivity index is 2.03. The fourth-order valence-corrected chi connectivity index (χ4v) is 2.26. The molecule has 0 fully saturated rings. The molecule has 4 nitrogen and oxygen atoms in total. The molecule has 6 heteroatoms. The molecule has 1 N–H and O–H groups in total. The van der Waals surface area contributed by atoms with Crippen LogP contribution < -0.4 is 5.32 Å². The van der Waals surface area contributed by atoms with E-state index in [0.29, 0.717) is 18.7 Å². The van der Waals surface area contributed by atoms with Crippen molar-refractivity contribution in [2.45, 2.75) is 19.5 Å². The number of nitrogens with one attached hydrogen (secondary N) is 1. The van der Waals surface area contributed by atoms with E-state index in [-0.39, 0.29) is 11.9 Å². The Morgan fingerprint density at radius 2 is 2.30 bits per heavy atom. The molecule has 1 aromatic heterocycles. The van der Waals surface area contributed by atoms with E-state index in [0.717, 1.165) is 10.2 Å². The summed E-state index contributed by atoms with van der Waals surface area (Å²) in [5, 5.41) is 7.45. The van der Waals surface area contributed by atoms with E-state index in [9.17, 15) is 4.39 Å². The summed E-state index contributed by atoms with van der Waals surface area (Å²) in [5.41, 5.74) is 1.48. The third kappa shape index (κ3) is 3.80. The zero-order valence-electron chi connectivity index (χ0n) is 11.4. The lowest BCUT2D eigenvalue weighted by Gasteiger charge is -2.15. The molecule has 0 spiro atoms. The van der Waals surface area contributed by atoms with Gasteiger partial charge >= 0.3 is 0 Å². The monoisotopic (exact) mass is 341 g/mol. The number of benzene rings is 1. The number of hydrogen-bond acceptors (Lipinski definition) is 3. The summed E-state index contributed by atoms with van der Waals surface area (Å²) < 4.78 is 21.4. The number of anilines is 1. The first-order valence-corrected chi connectivity index (χ1v) is 7.12. The van der Waals surface area contributed by atoms with Crippen LogP contribution in [0.4, 0.5) is 10.1 Å². The van der Waals surface area contributed by atoms with Crippen molar-refractivity contribution in [1.29, 1.82) is 0 Å². The highest BCUT2D eigenvalue weighted by atomic mass is 79.9. The summed E-state index contributed by atoms with van der Waals surface area (Å²) in [7, 11) is 1.65. The quantitative estimate of drug-likeness (QED) is 0.872. The van der Waals surface area contributed by atoms with Crippen LogP contribution in [-0.2, 0) is 11.3 Å². The Labute approximate surface area is 126 Å². The van der Waals surface area contributed by atoms with Gasteiger partial charge in [-0.1, -0.05) is 22.0 Å². The Hall–Kier alpha value is -1.40. The molecule has 2 rings (SSSR count). The molecule has 20 heavy (non-hydrogen) atoms. The molecule has 0 saturated heterocycles. The van der Waals surface area contributed by atoms with Crippen molar-refractivity contribution in [1.82, 2.24) is 9.78 Å². The van der Waals surface area contributed by atoms with Crippen LogP contribution in [-0.4, -0.2) is 23.5 Å². The van der Waals surface area contributed by atoms with Crippen LogP contribution >= 0.6 is 15.9 Å². The summed E-state index contributed by atoms with van der Waals surface area (Å²) >= 11 is 3.25. The average Bonchev–Trinajstić information content (AvgIpc) is 2.83. The van der Waals surface area contributed by atoms with Gasteiger partial charge in [0.1, 0.15) is 5.82 Å². The molecule has 108 valence electrons. The van der Waals surface area contributed by atoms with Crippen LogP contribution in [0.3, 0.4) is 0 Å². The first-order chi connectivity index (χ1) is 9.60. The molecule has 0 amide bonds. The minimum Gasteiger partial charge on any atom is -0.383 e. The topological polar surface area (TPSA) is 39.1 Å². The zero-order valence-corrected chi connectivity index (χ0v) is 13.0. The minimum atomic E-state index is -0.230. The van der Waals surface area contributed by atoms with Gasteiger partial charge in [-0.2, -0.15) is 5.10 Å². The Bertz CT molecular complexity index is 573. The maximum absolute atomic E-state index is 13.9. The molecule has 1 aromatic carbocycles. The molecule has 0 aliphatic carbocycles. The largest absolute Gasteiger partial charge is 0.383 e. The number of ether oxygens (including phenoxy) is 1. The third-order valence-corrected chi connectivity index (χ3v) is 3.46. The van der Waals surface area contributed by atoms with E-state index in [1.165, 1.54) is 6.07 Å². The number of halogens is 2. The fraction of sp³-hybridized carbons (Fsp3) is 0.357. The molecule has 0 saturated carbocycles. The van der Waals surface area contributed by atoms with Gasteiger partial charge < -0.3 is 10.1 Å². The summed E-state index contributed by atoms with van der Waals surface area (Å²) in [4.78, 5) is 0. The summed E-state index contributed by atoms with van der Waals surface area (Å²) in [6.07, 6.45) is 3.61. The first kappa shape index (κ1) is 15.0. The van der Waals surface area contributed by atoms with Gasteiger partial charge in [0, 0.05) is 23.3 Å². The van der Waals surface area contributed by atoms with E-state index < -0.39 is 0 Å². The average molecular weight is 342 g/mol. The van der Waals surface area contributed by atoms with Gasteiger partial charge in [-0.15, -0.1) is 0 Å². The second kappa shape index (κ2) is 6.85. The lowest BCUT2D eigenvalue weighted by atomic mass is 10.1. The van der Waals surface area contributed by atoms with Crippen LogP contribution in [0.5, 0.6) is 0 Å². The van der Waals surface area contributed by atoms with Gasteiger partial charge in [0.15, 0.2) is 0 Å².